The van der Waals surface area contributed by atoms with E-state index in [0.29, 0.717) is 16.8 Å². The number of benzene rings is 1. The second-order valence-corrected chi connectivity index (χ2v) is 7.73. The monoisotopic (exact) mass is 400 g/mol. The molecule has 9 nitrogen and oxygen atoms in total. The zero-order chi connectivity index (χ0) is 20.3. The standard InChI is InChI=1S/C18H16N4O5S/c1-28(26,27)18-20-16(14-8-4-5-11-22(14)18)17(24)19-13-7-3-2-6-12(13)9-10-15(23)21-25/h2-11,25H,1H3,(H,19,24)(H,21,23). The molecule has 3 N–H and O–H groups in total. The van der Waals surface area contributed by atoms with Gasteiger partial charge >= 0.3 is 0 Å². The molecule has 0 radical (unpaired) electrons. The van der Waals surface area contributed by atoms with Crippen LogP contribution in [0.15, 0.2) is 59.9 Å². The van der Waals surface area contributed by atoms with Gasteiger partial charge in [0.2, 0.25) is 15.0 Å². The Morgan fingerprint density at radius 2 is 1.86 bits per heavy atom. The fourth-order valence-electron chi connectivity index (χ4n) is 2.58. The predicted octanol–water partition coefficient (Wildman–Crippen LogP) is 1.51. The Hall–Kier alpha value is -3.50. The minimum atomic E-state index is -3.65. The van der Waals surface area contributed by atoms with Gasteiger partial charge in [-0.3, -0.25) is 19.2 Å². The third-order valence-electron chi connectivity index (χ3n) is 3.80. The van der Waals surface area contributed by atoms with Gasteiger partial charge in [-0.1, -0.05) is 24.3 Å². The lowest BCUT2D eigenvalue weighted by molar-refractivity contribution is -0.124. The number of fused-ring (bicyclic) bond motifs is 1. The van der Waals surface area contributed by atoms with Gasteiger partial charge < -0.3 is 5.32 Å². The van der Waals surface area contributed by atoms with E-state index in [4.69, 9.17) is 5.21 Å². The first-order valence-corrected chi connectivity index (χ1v) is 9.90. The summed E-state index contributed by atoms with van der Waals surface area (Å²) in [6.45, 7) is 0. The molecule has 3 rings (SSSR count). The van der Waals surface area contributed by atoms with Crippen LogP contribution < -0.4 is 10.8 Å². The number of anilines is 1. The third kappa shape index (κ3) is 3.92. The summed E-state index contributed by atoms with van der Waals surface area (Å²) < 4.78 is 25.3. The summed E-state index contributed by atoms with van der Waals surface area (Å²) >= 11 is 0. The highest BCUT2D eigenvalue weighted by atomic mass is 32.2. The second kappa shape index (κ2) is 7.62. The van der Waals surface area contributed by atoms with Gasteiger partial charge in [-0.15, -0.1) is 0 Å². The van der Waals surface area contributed by atoms with Gasteiger partial charge in [-0.05, 0) is 29.8 Å². The van der Waals surface area contributed by atoms with Crippen molar-refractivity contribution in [3.63, 3.8) is 0 Å². The first kappa shape index (κ1) is 19.3. The van der Waals surface area contributed by atoms with Gasteiger partial charge in [-0.25, -0.2) is 18.9 Å². The van der Waals surface area contributed by atoms with Gasteiger partial charge in [0.1, 0.15) is 0 Å². The summed E-state index contributed by atoms with van der Waals surface area (Å²) in [5.74, 6) is -1.33. The lowest BCUT2D eigenvalue weighted by Crippen LogP contribution is -2.15. The third-order valence-corrected chi connectivity index (χ3v) is 4.75. The normalized spacial score (nSPS) is 11.6. The highest BCUT2D eigenvalue weighted by molar-refractivity contribution is 7.90. The predicted molar refractivity (Wildman–Crippen MR) is 102 cm³/mol. The van der Waals surface area contributed by atoms with Crippen LogP contribution in [-0.4, -0.2) is 41.1 Å². The number of imidazole rings is 1. The molecule has 144 valence electrons. The molecule has 0 unspecified atom stereocenters. The van der Waals surface area contributed by atoms with Crippen molar-refractivity contribution in [2.45, 2.75) is 5.16 Å². The number of hydrogen-bond donors (Lipinski definition) is 3. The number of carbonyl (C=O) groups is 2. The largest absolute Gasteiger partial charge is 0.320 e. The van der Waals surface area contributed by atoms with E-state index in [0.717, 1.165) is 12.3 Å². The Kier molecular flexibility index (Phi) is 5.25. The maximum atomic E-state index is 12.8. The first-order valence-electron chi connectivity index (χ1n) is 8.01. The number of rotatable bonds is 5. The summed E-state index contributed by atoms with van der Waals surface area (Å²) in [6.07, 6.45) is 5.04. The molecule has 0 aliphatic rings. The van der Waals surface area contributed by atoms with Crippen molar-refractivity contribution in [3.05, 3.63) is 66.0 Å². The van der Waals surface area contributed by atoms with E-state index >= 15 is 0 Å². The summed E-state index contributed by atoms with van der Waals surface area (Å²) in [4.78, 5) is 28.0. The van der Waals surface area contributed by atoms with Crippen molar-refractivity contribution in [2.75, 3.05) is 11.6 Å². The molecule has 2 amide bonds. The highest BCUT2D eigenvalue weighted by Crippen LogP contribution is 2.21. The van der Waals surface area contributed by atoms with E-state index in [1.807, 2.05) is 0 Å². The number of nitrogens with one attached hydrogen (secondary N) is 2. The topological polar surface area (TPSA) is 130 Å². The number of amides is 2. The average molecular weight is 400 g/mol. The quantitative estimate of drug-likeness (QED) is 0.338. The van der Waals surface area contributed by atoms with Gasteiger partial charge in [0.25, 0.3) is 11.8 Å². The molecule has 0 aliphatic carbocycles. The van der Waals surface area contributed by atoms with Crippen LogP contribution in [0.1, 0.15) is 16.1 Å². The molecule has 0 aliphatic heterocycles. The van der Waals surface area contributed by atoms with Crippen molar-refractivity contribution >= 4 is 38.9 Å². The van der Waals surface area contributed by atoms with Crippen LogP contribution in [0.4, 0.5) is 5.69 Å². The SMILES string of the molecule is CS(=O)(=O)c1nc(C(=O)Nc2ccccc2C=CC(=O)NO)c2ccccn12. The molecule has 2 heterocycles. The van der Waals surface area contributed by atoms with Crippen molar-refractivity contribution in [1.82, 2.24) is 14.9 Å². The van der Waals surface area contributed by atoms with Crippen molar-refractivity contribution in [3.8, 4) is 0 Å². The Bertz CT molecular complexity index is 1200. The molecule has 0 saturated carbocycles. The highest BCUT2D eigenvalue weighted by Gasteiger charge is 2.23. The maximum absolute atomic E-state index is 12.8. The molecule has 10 heteroatoms. The van der Waals surface area contributed by atoms with Gasteiger partial charge in [0.15, 0.2) is 5.69 Å². The Labute approximate surface area is 160 Å². The summed E-state index contributed by atoms with van der Waals surface area (Å²) in [7, 11) is -3.65. The van der Waals surface area contributed by atoms with Crippen LogP contribution in [0.2, 0.25) is 0 Å². The molecule has 0 atom stereocenters. The zero-order valence-corrected chi connectivity index (χ0v) is 15.5. The molecule has 28 heavy (non-hydrogen) atoms. The fraction of sp³-hybridized carbons (Fsp3) is 0.0556. The number of nitrogens with zero attached hydrogens (tertiary/aromatic N) is 2. The van der Waals surface area contributed by atoms with Gasteiger partial charge in [0.05, 0.1) is 5.52 Å². The van der Waals surface area contributed by atoms with E-state index in [-0.39, 0.29) is 10.9 Å². The summed E-state index contributed by atoms with van der Waals surface area (Å²) in [5.41, 5.74) is 2.66. The van der Waals surface area contributed by atoms with Crippen molar-refractivity contribution < 1.29 is 23.2 Å². The lowest BCUT2D eigenvalue weighted by atomic mass is 10.1. The van der Waals surface area contributed by atoms with E-state index in [1.54, 1.807) is 42.5 Å². The summed E-state index contributed by atoms with van der Waals surface area (Å²) in [5, 5.41) is 11.0. The molecule has 0 fully saturated rings. The summed E-state index contributed by atoms with van der Waals surface area (Å²) in [6, 6.07) is 11.6. The lowest BCUT2D eigenvalue weighted by Gasteiger charge is -2.07. The van der Waals surface area contributed by atoms with Crippen molar-refractivity contribution in [2.24, 2.45) is 0 Å². The number of carbonyl (C=O) groups excluding carboxylic acids is 2. The smallest absolute Gasteiger partial charge is 0.276 e. The molecule has 0 saturated heterocycles. The Morgan fingerprint density at radius 3 is 2.57 bits per heavy atom. The number of sulfone groups is 1. The van der Waals surface area contributed by atoms with Crippen LogP contribution in [-0.2, 0) is 14.6 Å². The second-order valence-electron chi connectivity index (χ2n) is 5.82. The van der Waals surface area contributed by atoms with Crippen LogP contribution in [0.5, 0.6) is 0 Å². The van der Waals surface area contributed by atoms with Crippen LogP contribution in [0.3, 0.4) is 0 Å². The number of pyridine rings is 1. The Balaban J connectivity index is 2.00. The van der Waals surface area contributed by atoms with E-state index in [1.165, 1.54) is 22.2 Å². The number of hydrogen-bond acceptors (Lipinski definition) is 6. The van der Waals surface area contributed by atoms with E-state index < -0.39 is 21.7 Å². The van der Waals surface area contributed by atoms with Crippen LogP contribution in [0, 0.1) is 0 Å². The fourth-order valence-corrected chi connectivity index (χ4v) is 3.35. The van der Waals surface area contributed by atoms with Crippen LogP contribution in [0.25, 0.3) is 11.6 Å². The molecule has 1 aromatic carbocycles. The zero-order valence-electron chi connectivity index (χ0n) is 14.7. The molecular weight excluding hydrogens is 384 g/mol. The van der Waals surface area contributed by atoms with Crippen molar-refractivity contribution in [1.29, 1.82) is 0 Å². The first-order chi connectivity index (χ1) is 13.3. The van der Waals surface area contributed by atoms with E-state index in [2.05, 4.69) is 10.3 Å². The maximum Gasteiger partial charge on any atom is 0.276 e. The number of hydroxylamine groups is 1. The van der Waals surface area contributed by atoms with Crippen LogP contribution >= 0.6 is 0 Å². The molecular formula is C18H16N4O5S. The van der Waals surface area contributed by atoms with Gasteiger partial charge in [0, 0.05) is 24.2 Å². The number of aromatic nitrogens is 2. The molecule has 2 aromatic heterocycles. The van der Waals surface area contributed by atoms with Gasteiger partial charge in [-0.2, -0.15) is 0 Å². The minimum absolute atomic E-state index is 0.0482. The molecule has 0 spiro atoms. The minimum Gasteiger partial charge on any atom is -0.320 e. The van der Waals surface area contributed by atoms with E-state index in [9.17, 15) is 18.0 Å². The number of para-hydroxylation sites is 1. The molecule has 3 aromatic rings. The average Bonchev–Trinajstić information content (AvgIpc) is 3.07. The Morgan fingerprint density at radius 1 is 1.14 bits per heavy atom. The molecule has 0 bridgehead atoms.